The molecule has 0 bridgehead atoms. The van der Waals surface area contributed by atoms with E-state index in [1.807, 2.05) is 19.1 Å². The van der Waals surface area contributed by atoms with Crippen LogP contribution >= 0.6 is 0 Å². The minimum atomic E-state index is -4.16. The van der Waals surface area contributed by atoms with Gasteiger partial charge in [-0.2, -0.15) is 8.42 Å². The van der Waals surface area contributed by atoms with E-state index in [9.17, 15) is 8.42 Å². The van der Waals surface area contributed by atoms with E-state index in [4.69, 9.17) is 10.3 Å². The van der Waals surface area contributed by atoms with Crippen LogP contribution in [0.15, 0.2) is 25.3 Å². The second kappa shape index (κ2) is 9.53. The van der Waals surface area contributed by atoms with Gasteiger partial charge in [-0.3, -0.25) is 8.74 Å². The van der Waals surface area contributed by atoms with E-state index in [0.717, 1.165) is 20.0 Å². The molecule has 3 N–H and O–H groups in total. The van der Waals surface area contributed by atoms with Crippen LogP contribution in [-0.2, 0) is 14.6 Å². The fourth-order valence-corrected chi connectivity index (χ4v) is 0.954. The van der Waals surface area contributed by atoms with Crippen molar-refractivity contribution in [1.29, 1.82) is 0 Å². The SMILES string of the molecule is C=CCC(CC=C)C(C)N.COS(=O)(=O)O. The molecule has 0 heterocycles. The van der Waals surface area contributed by atoms with Crippen LogP contribution in [0.25, 0.3) is 0 Å². The standard InChI is InChI=1S/C9H17N.CH4O4S/c1-4-6-9(7-5-2)8(3)10;1-5-6(2,3)4/h4-5,8-9H,1-2,6-7,10H2,3H3;1H3,(H,2,3,4). The largest absolute Gasteiger partial charge is 0.397 e. The molecule has 0 aromatic carbocycles. The van der Waals surface area contributed by atoms with E-state index in [0.29, 0.717) is 5.92 Å². The Bertz CT molecular complexity index is 275. The number of allylic oxidation sites excluding steroid dienone is 2. The first-order chi connectivity index (χ1) is 7.28. The van der Waals surface area contributed by atoms with Gasteiger partial charge in [0.15, 0.2) is 0 Å². The zero-order chi connectivity index (χ0) is 13.2. The van der Waals surface area contributed by atoms with Crippen LogP contribution in [0.4, 0.5) is 0 Å². The van der Waals surface area contributed by atoms with Crippen molar-refractivity contribution < 1.29 is 17.2 Å². The molecular formula is C10H21NO4S. The highest BCUT2D eigenvalue weighted by Gasteiger charge is 2.08. The fraction of sp³-hybridized carbons (Fsp3) is 0.600. The Balaban J connectivity index is 0. The van der Waals surface area contributed by atoms with Crippen molar-refractivity contribution in [3.05, 3.63) is 25.3 Å². The van der Waals surface area contributed by atoms with Gasteiger partial charge in [0.25, 0.3) is 0 Å². The number of nitrogens with two attached hydrogens (primary N) is 1. The highest BCUT2D eigenvalue weighted by atomic mass is 32.3. The molecule has 0 saturated carbocycles. The Morgan fingerprint density at radius 1 is 1.38 bits per heavy atom. The maximum absolute atomic E-state index is 9.33. The minimum absolute atomic E-state index is 0.246. The maximum Gasteiger partial charge on any atom is 0.397 e. The molecule has 0 radical (unpaired) electrons. The Morgan fingerprint density at radius 3 is 1.81 bits per heavy atom. The van der Waals surface area contributed by atoms with Crippen LogP contribution in [0, 0.1) is 5.92 Å². The summed E-state index contributed by atoms with van der Waals surface area (Å²) in [6, 6.07) is 0.246. The first-order valence-corrected chi connectivity index (χ1v) is 6.15. The van der Waals surface area contributed by atoms with Crippen molar-refractivity contribution in [1.82, 2.24) is 0 Å². The summed E-state index contributed by atoms with van der Waals surface area (Å²) >= 11 is 0. The lowest BCUT2D eigenvalue weighted by molar-refractivity contribution is 0.324. The average molecular weight is 251 g/mol. The molecule has 0 saturated heterocycles. The summed E-state index contributed by atoms with van der Waals surface area (Å²) in [6.07, 6.45) is 5.81. The third kappa shape index (κ3) is 13.3. The lowest BCUT2D eigenvalue weighted by Crippen LogP contribution is -2.25. The van der Waals surface area contributed by atoms with Gasteiger partial charge in [-0.1, -0.05) is 12.2 Å². The van der Waals surface area contributed by atoms with Gasteiger partial charge < -0.3 is 5.73 Å². The maximum atomic E-state index is 9.33. The van der Waals surface area contributed by atoms with Crippen molar-refractivity contribution in [2.24, 2.45) is 11.7 Å². The molecule has 5 nitrogen and oxygen atoms in total. The molecule has 0 aliphatic heterocycles. The predicted octanol–water partition coefficient (Wildman–Crippen LogP) is 1.54. The van der Waals surface area contributed by atoms with E-state index in [2.05, 4.69) is 17.3 Å². The van der Waals surface area contributed by atoms with Crippen LogP contribution in [-0.4, -0.2) is 26.1 Å². The van der Waals surface area contributed by atoms with E-state index < -0.39 is 10.4 Å². The van der Waals surface area contributed by atoms with Gasteiger partial charge in [0.2, 0.25) is 0 Å². The first kappa shape index (κ1) is 17.7. The van der Waals surface area contributed by atoms with Gasteiger partial charge in [-0.05, 0) is 25.7 Å². The molecule has 6 heteroatoms. The van der Waals surface area contributed by atoms with Crippen molar-refractivity contribution >= 4 is 10.4 Å². The average Bonchev–Trinajstić information content (AvgIpc) is 2.17. The van der Waals surface area contributed by atoms with Crippen molar-refractivity contribution in [2.45, 2.75) is 25.8 Å². The molecule has 96 valence electrons. The van der Waals surface area contributed by atoms with Gasteiger partial charge in [-0.15, -0.1) is 13.2 Å². The zero-order valence-corrected chi connectivity index (χ0v) is 10.6. The topological polar surface area (TPSA) is 89.6 Å². The highest BCUT2D eigenvalue weighted by Crippen LogP contribution is 2.12. The van der Waals surface area contributed by atoms with Crippen LogP contribution in [0.3, 0.4) is 0 Å². The second-order valence-electron chi connectivity index (χ2n) is 3.26. The van der Waals surface area contributed by atoms with E-state index in [1.54, 1.807) is 0 Å². The highest BCUT2D eigenvalue weighted by molar-refractivity contribution is 7.80. The molecule has 0 fully saturated rings. The number of hydrogen-bond donors (Lipinski definition) is 2. The molecule has 1 atom stereocenters. The van der Waals surface area contributed by atoms with Crippen LogP contribution in [0.2, 0.25) is 0 Å². The zero-order valence-electron chi connectivity index (χ0n) is 9.80. The van der Waals surface area contributed by atoms with Gasteiger partial charge in [0.1, 0.15) is 0 Å². The Hall–Kier alpha value is -0.690. The normalized spacial score (nSPS) is 12.6. The van der Waals surface area contributed by atoms with E-state index in [1.165, 1.54) is 0 Å². The van der Waals surface area contributed by atoms with Crippen LogP contribution in [0.5, 0.6) is 0 Å². The minimum Gasteiger partial charge on any atom is -0.328 e. The Morgan fingerprint density at radius 2 is 1.69 bits per heavy atom. The van der Waals surface area contributed by atoms with Gasteiger partial charge >= 0.3 is 10.4 Å². The lowest BCUT2D eigenvalue weighted by Gasteiger charge is -2.16. The molecule has 0 spiro atoms. The van der Waals surface area contributed by atoms with Gasteiger partial charge in [0.05, 0.1) is 7.11 Å². The van der Waals surface area contributed by atoms with Crippen LogP contribution in [0.1, 0.15) is 19.8 Å². The number of hydrogen-bond acceptors (Lipinski definition) is 4. The van der Waals surface area contributed by atoms with Crippen molar-refractivity contribution in [2.75, 3.05) is 7.11 Å². The quantitative estimate of drug-likeness (QED) is 0.552. The summed E-state index contributed by atoms with van der Waals surface area (Å²) in [7, 11) is -3.29. The number of rotatable bonds is 6. The lowest BCUT2D eigenvalue weighted by atomic mass is 9.95. The summed E-state index contributed by atoms with van der Waals surface area (Å²) in [5.74, 6) is 0.523. The monoisotopic (exact) mass is 251 g/mol. The first-order valence-electron chi connectivity index (χ1n) is 4.78. The van der Waals surface area contributed by atoms with Crippen molar-refractivity contribution in [3.63, 3.8) is 0 Å². The fourth-order valence-electron chi connectivity index (χ4n) is 0.954. The molecule has 16 heavy (non-hydrogen) atoms. The summed E-state index contributed by atoms with van der Waals surface area (Å²) in [5, 5.41) is 0. The molecule has 0 rings (SSSR count). The molecule has 0 aliphatic carbocycles. The van der Waals surface area contributed by atoms with E-state index in [-0.39, 0.29) is 6.04 Å². The molecule has 0 aromatic rings. The third-order valence-electron chi connectivity index (χ3n) is 1.89. The van der Waals surface area contributed by atoms with Gasteiger partial charge in [0, 0.05) is 6.04 Å². The summed E-state index contributed by atoms with van der Waals surface area (Å²) in [6.45, 7) is 9.38. The van der Waals surface area contributed by atoms with Crippen molar-refractivity contribution in [3.8, 4) is 0 Å². The van der Waals surface area contributed by atoms with Crippen LogP contribution < -0.4 is 5.73 Å². The summed E-state index contributed by atoms with van der Waals surface area (Å²) in [4.78, 5) is 0. The molecule has 1 unspecified atom stereocenters. The van der Waals surface area contributed by atoms with Gasteiger partial charge in [-0.25, -0.2) is 0 Å². The predicted molar refractivity (Wildman–Crippen MR) is 65.3 cm³/mol. The molecule has 0 aliphatic rings. The Kier molecular flexibility index (Phi) is 10.5. The second-order valence-corrected chi connectivity index (χ2v) is 4.45. The molecule has 0 amide bonds. The third-order valence-corrected chi connectivity index (χ3v) is 2.31. The molecular weight excluding hydrogens is 230 g/mol. The smallest absolute Gasteiger partial charge is 0.328 e. The summed E-state index contributed by atoms with van der Waals surface area (Å²) < 4.78 is 29.7. The Labute approximate surface area is 97.9 Å². The molecule has 0 aromatic heterocycles. The van der Waals surface area contributed by atoms with E-state index >= 15 is 0 Å². The summed E-state index contributed by atoms with van der Waals surface area (Å²) in [5.41, 5.74) is 5.71.